The fourth-order valence-corrected chi connectivity index (χ4v) is 1.75. The Morgan fingerprint density at radius 2 is 2.19 bits per heavy atom. The Morgan fingerprint density at radius 1 is 1.38 bits per heavy atom. The molecule has 1 atom stereocenters. The molecule has 2 rings (SSSR count). The molecular weight excluding hydrogens is 268 g/mol. The molecule has 5 heteroatoms. The number of aromatic amines is 1. The average Bonchev–Trinajstić information content (AvgIpc) is 2.47. The van der Waals surface area contributed by atoms with Crippen LogP contribution >= 0.6 is 0 Å². The van der Waals surface area contributed by atoms with Crippen LogP contribution in [0.4, 0.5) is 5.69 Å². The number of pyridine rings is 1. The van der Waals surface area contributed by atoms with E-state index in [-0.39, 0.29) is 17.1 Å². The summed E-state index contributed by atoms with van der Waals surface area (Å²) in [5, 5.41) is 2.69. The fraction of sp³-hybridized carbons (Fsp3) is 0.250. The lowest BCUT2D eigenvalue weighted by Gasteiger charge is -2.13. The zero-order valence-corrected chi connectivity index (χ0v) is 12.1. The first-order valence-corrected chi connectivity index (χ1v) is 6.85. The van der Waals surface area contributed by atoms with E-state index in [0.717, 1.165) is 6.42 Å². The number of ether oxygens (including phenoxy) is 1. The van der Waals surface area contributed by atoms with E-state index in [2.05, 4.69) is 10.3 Å². The van der Waals surface area contributed by atoms with Crippen molar-refractivity contribution in [2.45, 2.75) is 26.4 Å². The number of benzene rings is 1. The van der Waals surface area contributed by atoms with Crippen LogP contribution < -0.4 is 15.5 Å². The van der Waals surface area contributed by atoms with E-state index in [0.29, 0.717) is 11.4 Å². The molecule has 0 radical (unpaired) electrons. The minimum atomic E-state index is -0.447. The Kier molecular flexibility index (Phi) is 4.77. The molecule has 1 unspecified atom stereocenters. The summed E-state index contributed by atoms with van der Waals surface area (Å²) in [7, 11) is 0. The minimum absolute atomic E-state index is 0.0748. The average molecular weight is 286 g/mol. The van der Waals surface area contributed by atoms with E-state index in [1.165, 1.54) is 18.5 Å². The van der Waals surface area contributed by atoms with Crippen molar-refractivity contribution >= 4 is 11.6 Å². The van der Waals surface area contributed by atoms with Crippen LogP contribution in [0, 0.1) is 0 Å². The van der Waals surface area contributed by atoms with Gasteiger partial charge in [0.15, 0.2) is 5.43 Å². The standard InChI is InChI=1S/C16H18N2O3/c1-3-11(2)21-13-6-4-5-12(9-13)18-16(20)14-10-17-8-7-15(14)19/h4-11H,3H2,1-2H3,(H,17,19)(H,18,20). The molecule has 0 bridgehead atoms. The second kappa shape index (κ2) is 6.74. The molecule has 2 aromatic rings. The van der Waals surface area contributed by atoms with Gasteiger partial charge in [0.05, 0.1) is 6.10 Å². The maximum atomic E-state index is 12.1. The van der Waals surface area contributed by atoms with Crippen LogP contribution in [-0.4, -0.2) is 17.0 Å². The van der Waals surface area contributed by atoms with Crippen molar-refractivity contribution in [3.63, 3.8) is 0 Å². The summed E-state index contributed by atoms with van der Waals surface area (Å²) >= 11 is 0. The predicted octanol–water partition coefficient (Wildman–Crippen LogP) is 2.80. The number of carbonyl (C=O) groups excluding carboxylic acids is 1. The van der Waals surface area contributed by atoms with Crippen molar-refractivity contribution in [1.82, 2.24) is 4.98 Å². The summed E-state index contributed by atoms with van der Waals surface area (Å²) < 4.78 is 5.70. The van der Waals surface area contributed by atoms with Gasteiger partial charge in [-0.15, -0.1) is 0 Å². The quantitative estimate of drug-likeness (QED) is 0.887. The van der Waals surface area contributed by atoms with Crippen LogP contribution in [0.3, 0.4) is 0 Å². The fourth-order valence-electron chi connectivity index (χ4n) is 1.75. The first-order valence-electron chi connectivity index (χ1n) is 6.85. The summed E-state index contributed by atoms with van der Waals surface area (Å²) in [6.45, 7) is 4.02. The van der Waals surface area contributed by atoms with E-state index >= 15 is 0 Å². The second-order valence-corrected chi connectivity index (χ2v) is 4.74. The Bertz CT molecular complexity index is 679. The van der Waals surface area contributed by atoms with Crippen LogP contribution in [0.1, 0.15) is 30.6 Å². The topological polar surface area (TPSA) is 71.2 Å². The first kappa shape index (κ1) is 14.8. The molecule has 0 aliphatic heterocycles. The molecule has 2 N–H and O–H groups in total. The van der Waals surface area contributed by atoms with E-state index in [1.54, 1.807) is 18.2 Å². The van der Waals surface area contributed by atoms with E-state index in [1.807, 2.05) is 19.9 Å². The van der Waals surface area contributed by atoms with Crippen molar-refractivity contribution < 1.29 is 9.53 Å². The molecule has 1 aromatic heterocycles. The molecule has 1 amide bonds. The van der Waals surface area contributed by atoms with E-state index in [9.17, 15) is 9.59 Å². The predicted molar refractivity (Wildman–Crippen MR) is 81.8 cm³/mol. The number of rotatable bonds is 5. The minimum Gasteiger partial charge on any atom is -0.491 e. The lowest BCUT2D eigenvalue weighted by molar-refractivity contribution is 0.102. The van der Waals surface area contributed by atoms with Crippen molar-refractivity contribution in [3.05, 3.63) is 58.5 Å². The highest BCUT2D eigenvalue weighted by Gasteiger charge is 2.10. The van der Waals surface area contributed by atoms with Crippen LogP contribution in [0.25, 0.3) is 0 Å². The van der Waals surface area contributed by atoms with Crippen LogP contribution in [0.2, 0.25) is 0 Å². The number of hydrogen-bond donors (Lipinski definition) is 2. The number of H-pyrrole nitrogens is 1. The molecule has 5 nitrogen and oxygen atoms in total. The lowest BCUT2D eigenvalue weighted by Crippen LogP contribution is -2.20. The van der Waals surface area contributed by atoms with Gasteiger partial charge in [-0.05, 0) is 25.5 Å². The normalized spacial score (nSPS) is 11.7. The van der Waals surface area contributed by atoms with Crippen molar-refractivity contribution in [3.8, 4) is 5.75 Å². The monoisotopic (exact) mass is 286 g/mol. The second-order valence-electron chi connectivity index (χ2n) is 4.74. The highest BCUT2D eigenvalue weighted by atomic mass is 16.5. The Labute approximate surface area is 123 Å². The zero-order chi connectivity index (χ0) is 15.2. The maximum Gasteiger partial charge on any atom is 0.261 e. The molecule has 0 spiro atoms. The molecule has 1 heterocycles. The summed E-state index contributed by atoms with van der Waals surface area (Å²) in [4.78, 5) is 26.4. The zero-order valence-electron chi connectivity index (χ0n) is 12.1. The van der Waals surface area contributed by atoms with Crippen LogP contribution in [0.5, 0.6) is 5.75 Å². The van der Waals surface area contributed by atoms with Gasteiger partial charge in [0.25, 0.3) is 5.91 Å². The Hall–Kier alpha value is -2.56. The number of amides is 1. The van der Waals surface area contributed by atoms with Gasteiger partial charge in [-0.25, -0.2) is 0 Å². The smallest absolute Gasteiger partial charge is 0.261 e. The number of aromatic nitrogens is 1. The largest absolute Gasteiger partial charge is 0.491 e. The number of hydrogen-bond acceptors (Lipinski definition) is 3. The van der Waals surface area contributed by atoms with E-state index in [4.69, 9.17) is 4.74 Å². The summed E-state index contributed by atoms with van der Waals surface area (Å²) in [5.41, 5.74) is 0.341. The number of carbonyl (C=O) groups is 1. The van der Waals surface area contributed by atoms with Gasteiger partial charge in [-0.3, -0.25) is 9.59 Å². The van der Waals surface area contributed by atoms with E-state index < -0.39 is 5.91 Å². The van der Waals surface area contributed by atoms with Gasteiger partial charge >= 0.3 is 0 Å². The Morgan fingerprint density at radius 3 is 2.90 bits per heavy atom. The number of nitrogens with one attached hydrogen (secondary N) is 2. The van der Waals surface area contributed by atoms with Crippen LogP contribution in [-0.2, 0) is 0 Å². The molecule has 0 fully saturated rings. The summed E-state index contributed by atoms with van der Waals surface area (Å²) in [6, 6.07) is 8.43. The maximum absolute atomic E-state index is 12.1. The molecule has 0 saturated carbocycles. The first-order chi connectivity index (χ1) is 10.1. The van der Waals surface area contributed by atoms with Crippen molar-refractivity contribution in [2.24, 2.45) is 0 Å². The molecule has 1 aromatic carbocycles. The summed E-state index contributed by atoms with van der Waals surface area (Å²) in [6.07, 6.45) is 3.88. The third-order valence-electron chi connectivity index (χ3n) is 3.07. The third-order valence-corrected chi connectivity index (χ3v) is 3.07. The highest BCUT2D eigenvalue weighted by Crippen LogP contribution is 2.19. The van der Waals surface area contributed by atoms with Gasteiger partial charge in [-0.2, -0.15) is 0 Å². The molecule has 0 aliphatic rings. The van der Waals surface area contributed by atoms with Crippen molar-refractivity contribution in [1.29, 1.82) is 0 Å². The molecule has 110 valence electrons. The Balaban J connectivity index is 2.13. The molecular formula is C16H18N2O3. The van der Waals surface area contributed by atoms with Crippen LogP contribution in [0.15, 0.2) is 47.5 Å². The molecule has 0 saturated heterocycles. The van der Waals surface area contributed by atoms with Gasteiger partial charge in [0.2, 0.25) is 0 Å². The van der Waals surface area contributed by atoms with Gasteiger partial charge in [-0.1, -0.05) is 13.0 Å². The number of anilines is 1. The highest BCUT2D eigenvalue weighted by molar-refractivity contribution is 6.04. The summed E-state index contributed by atoms with van der Waals surface area (Å²) in [5.74, 6) is 0.238. The van der Waals surface area contributed by atoms with Crippen molar-refractivity contribution in [2.75, 3.05) is 5.32 Å². The van der Waals surface area contributed by atoms with Gasteiger partial charge in [0.1, 0.15) is 11.3 Å². The van der Waals surface area contributed by atoms with Gasteiger partial charge < -0.3 is 15.0 Å². The molecule has 0 aliphatic carbocycles. The molecule has 21 heavy (non-hydrogen) atoms. The van der Waals surface area contributed by atoms with Gasteiger partial charge in [0, 0.05) is 30.2 Å². The third kappa shape index (κ3) is 3.95. The SMILES string of the molecule is CCC(C)Oc1cccc(NC(=O)c2c[nH]ccc2=O)c1. The lowest BCUT2D eigenvalue weighted by atomic mass is 10.2.